The van der Waals surface area contributed by atoms with E-state index >= 15 is 0 Å². The molecule has 2 aromatic carbocycles. The predicted octanol–water partition coefficient (Wildman–Crippen LogP) is 3.72. The molecule has 2 rings (SSSR count). The van der Waals surface area contributed by atoms with Crippen LogP contribution in [0.2, 0.25) is 0 Å². The molecule has 1 N–H and O–H groups in total. The molecule has 2 aromatic rings. The zero-order valence-electron chi connectivity index (χ0n) is 15.7. The fourth-order valence-corrected chi connectivity index (χ4v) is 2.45. The molecule has 0 aliphatic rings. The van der Waals surface area contributed by atoms with Gasteiger partial charge in [-0.2, -0.15) is 0 Å². The summed E-state index contributed by atoms with van der Waals surface area (Å²) in [6.45, 7) is 5.82. The van der Waals surface area contributed by atoms with E-state index < -0.39 is 17.8 Å². The van der Waals surface area contributed by atoms with Crippen molar-refractivity contribution in [1.29, 1.82) is 0 Å². The Morgan fingerprint density at radius 2 is 1.74 bits per heavy atom. The van der Waals surface area contributed by atoms with Gasteiger partial charge < -0.3 is 14.8 Å². The molecule has 6 heteroatoms. The van der Waals surface area contributed by atoms with Crippen LogP contribution in [0.25, 0.3) is 0 Å². The van der Waals surface area contributed by atoms with E-state index in [2.05, 4.69) is 5.32 Å². The van der Waals surface area contributed by atoms with E-state index in [0.29, 0.717) is 17.9 Å². The van der Waals surface area contributed by atoms with Gasteiger partial charge in [0.05, 0.1) is 6.61 Å². The van der Waals surface area contributed by atoms with Crippen LogP contribution in [-0.2, 0) is 16.1 Å². The minimum Gasteiger partial charge on any atom is -0.494 e. The van der Waals surface area contributed by atoms with E-state index in [1.807, 2.05) is 6.92 Å². The van der Waals surface area contributed by atoms with Crippen LogP contribution < -0.4 is 10.1 Å². The topological polar surface area (TPSA) is 64.6 Å². The molecular weight excluding hydrogens is 349 g/mol. The fourth-order valence-electron chi connectivity index (χ4n) is 2.45. The molecule has 0 bridgehead atoms. The predicted molar refractivity (Wildman–Crippen MR) is 99.9 cm³/mol. The maximum Gasteiger partial charge on any atom is 0.329 e. The smallest absolute Gasteiger partial charge is 0.329 e. The second-order valence-corrected chi connectivity index (χ2v) is 6.35. The number of hydrogen-bond acceptors (Lipinski definition) is 4. The van der Waals surface area contributed by atoms with Crippen molar-refractivity contribution in [2.24, 2.45) is 5.92 Å². The minimum atomic E-state index is -0.837. The number of hydrogen-bond donors (Lipinski definition) is 1. The van der Waals surface area contributed by atoms with Gasteiger partial charge in [-0.15, -0.1) is 0 Å². The van der Waals surface area contributed by atoms with Crippen LogP contribution in [0.4, 0.5) is 4.39 Å². The number of nitrogens with one attached hydrogen (secondary N) is 1. The summed E-state index contributed by atoms with van der Waals surface area (Å²) in [6, 6.07) is 11.9. The number of carbonyl (C=O) groups is 2. The number of esters is 1. The van der Waals surface area contributed by atoms with Crippen LogP contribution >= 0.6 is 0 Å². The van der Waals surface area contributed by atoms with Crippen molar-refractivity contribution in [1.82, 2.24) is 5.32 Å². The standard InChI is InChI=1S/C21H24FNO4/c1-4-26-17-11-9-15(10-12-17)20(24)23-19(14(2)3)21(25)27-13-16-7-5-6-8-18(16)22/h5-12,14,19H,4,13H2,1-3H3,(H,23,24). The van der Waals surface area contributed by atoms with Crippen LogP contribution in [-0.4, -0.2) is 24.5 Å². The third-order valence-electron chi connectivity index (χ3n) is 3.96. The zero-order chi connectivity index (χ0) is 19.8. The maximum absolute atomic E-state index is 13.6. The van der Waals surface area contributed by atoms with Crippen molar-refractivity contribution in [2.45, 2.75) is 33.4 Å². The monoisotopic (exact) mass is 373 g/mol. The summed E-state index contributed by atoms with van der Waals surface area (Å²) in [4.78, 5) is 24.8. The molecule has 1 atom stereocenters. The van der Waals surface area contributed by atoms with Crippen LogP contribution in [0.5, 0.6) is 5.75 Å². The van der Waals surface area contributed by atoms with Gasteiger partial charge in [0.15, 0.2) is 0 Å². The highest BCUT2D eigenvalue weighted by atomic mass is 19.1. The Morgan fingerprint density at radius 1 is 1.07 bits per heavy atom. The molecule has 0 aliphatic heterocycles. The lowest BCUT2D eigenvalue weighted by Crippen LogP contribution is -2.45. The third kappa shape index (κ3) is 5.81. The number of carbonyl (C=O) groups excluding carboxylic acids is 2. The fraction of sp³-hybridized carbons (Fsp3) is 0.333. The molecule has 0 aromatic heterocycles. The lowest BCUT2D eigenvalue weighted by molar-refractivity contribution is -0.148. The van der Waals surface area contributed by atoms with Gasteiger partial charge in [0.2, 0.25) is 0 Å². The Balaban J connectivity index is 2.00. The first-order chi connectivity index (χ1) is 12.9. The second-order valence-electron chi connectivity index (χ2n) is 6.35. The molecule has 5 nitrogen and oxygen atoms in total. The quantitative estimate of drug-likeness (QED) is 0.716. The molecule has 0 fully saturated rings. The van der Waals surface area contributed by atoms with E-state index in [-0.39, 0.29) is 24.0 Å². The van der Waals surface area contributed by atoms with Crippen molar-refractivity contribution >= 4 is 11.9 Å². The second kappa shape index (κ2) is 9.71. The minimum absolute atomic E-state index is 0.187. The molecule has 0 saturated heterocycles. The highest BCUT2D eigenvalue weighted by molar-refractivity contribution is 5.96. The Morgan fingerprint density at radius 3 is 2.33 bits per heavy atom. The summed E-state index contributed by atoms with van der Waals surface area (Å²) in [5.41, 5.74) is 0.692. The summed E-state index contributed by atoms with van der Waals surface area (Å²) in [5.74, 6) is -0.958. The molecule has 0 radical (unpaired) electrons. The molecule has 1 amide bonds. The summed E-state index contributed by atoms with van der Waals surface area (Å²) >= 11 is 0. The van der Waals surface area contributed by atoms with Gasteiger partial charge >= 0.3 is 5.97 Å². The first kappa shape index (κ1) is 20.4. The van der Waals surface area contributed by atoms with E-state index in [4.69, 9.17) is 9.47 Å². The van der Waals surface area contributed by atoms with E-state index in [0.717, 1.165) is 0 Å². The van der Waals surface area contributed by atoms with Gasteiger partial charge in [-0.05, 0) is 43.2 Å². The summed E-state index contributed by atoms with van der Waals surface area (Å²) in [7, 11) is 0. The number of amides is 1. The highest BCUT2D eigenvalue weighted by Gasteiger charge is 2.26. The van der Waals surface area contributed by atoms with Crippen LogP contribution in [0.3, 0.4) is 0 Å². The lowest BCUT2D eigenvalue weighted by Gasteiger charge is -2.21. The average molecular weight is 373 g/mol. The number of benzene rings is 2. The zero-order valence-corrected chi connectivity index (χ0v) is 15.7. The molecule has 0 aliphatic carbocycles. The molecule has 0 spiro atoms. The van der Waals surface area contributed by atoms with Gasteiger partial charge in [0.25, 0.3) is 5.91 Å². The Kier molecular flexibility index (Phi) is 7.34. The SMILES string of the molecule is CCOc1ccc(C(=O)NC(C(=O)OCc2ccccc2F)C(C)C)cc1. The average Bonchev–Trinajstić information content (AvgIpc) is 2.65. The molecule has 0 saturated carbocycles. The van der Waals surface area contributed by atoms with E-state index in [9.17, 15) is 14.0 Å². The first-order valence-corrected chi connectivity index (χ1v) is 8.86. The summed E-state index contributed by atoms with van der Waals surface area (Å²) < 4.78 is 24.2. The third-order valence-corrected chi connectivity index (χ3v) is 3.96. The van der Waals surface area contributed by atoms with Crippen molar-refractivity contribution in [2.75, 3.05) is 6.61 Å². The van der Waals surface area contributed by atoms with Gasteiger partial charge in [0, 0.05) is 11.1 Å². The molecular formula is C21H24FNO4. The summed E-state index contributed by atoms with van der Waals surface area (Å²) in [6.07, 6.45) is 0. The molecule has 1 unspecified atom stereocenters. The largest absolute Gasteiger partial charge is 0.494 e. The van der Waals surface area contributed by atoms with Crippen molar-refractivity contribution in [3.63, 3.8) is 0 Å². The number of rotatable bonds is 8. The molecule has 0 heterocycles. The van der Waals surface area contributed by atoms with Crippen LogP contribution in [0, 0.1) is 11.7 Å². The van der Waals surface area contributed by atoms with Gasteiger partial charge in [-0.1, -0.05) is 32.0 Å². The number of halogens is 1. The van der Waals surface area contributed by atoms with Gasteiger partial charge in [-0.25, -0.2) is 9.18 Å². The maximum atomic E-state index is 13.6. The van der Waals surface area contributed by atoms with Gasteiger partial charge in [0.1, 0.15) is 24.2 Å². The molecule has 144 valence electrons. The lowest BCUT2D eigenvalue weighted by atomic mass is 10.0. The Labute approximate surface area is 158 Å². The van der Waals surface area contributed by atoms with Crippen LogP contribution in [0.1, 0.15) is 36.7 Å². The van der Waals surface area contributed by atoms with E-state index in [1.54, 1.807) is 56.3 Å². The van der Waals surface area contributed by atoms with Crippen LogP contribution in [0.15, 0.2) is 48.5 Å². The van der Waals surface area contributed by atoms with Crippen molar-refractivity contribution < 1.29 is 23.5 Å². The normalized spacial score (nSPS) is 11.7. The highest BCUT2D eigenvalue weighted by Crippen LogP contribution is 2.14. The number of ether oxygens (including phenoxy) is 2. The van der Waals surface area contributed by atoms with E-state index in [1.165, 1.54) is 6.07 Å². The van der Waals surface area contributed by atoms with Crippen molar-refractivity contribution in [3.8, 4) is 5.75 Å². The Bertz CT molecular complexity index is 774. The Hall–Kier alpha value is -2.89. The molecule has 27 heavy (non-hydrogen) atoms. The van der Waals surface area contributed by atoms with Crippen molar-refractivity contribution in [3.05, 3.63) is 65.5 Å². The van der Waals surface area contributed by atoms with Gasteiger partial charge in [-0.3, -0.25) is 4.79 Å². The summed E-state index contributed by atoms with van der Waals surface area (Å²) in [5, 5.41) is 2.69. The first-order valence-electron chi connectivity index (χ1n) is 8.86.